The Morgan fingerprint density at radius 2 is 2.00 bits per heavy atom. The third-order valence-corrected chi connectivity index (χ3v) is 6.37. The first-order chi connectivity index (χ1) is 14.0. The molecule has 7 nitrogen and oxygen atoms in total. The Bertz CT molecular complexity index is 1290. The van der Waals surface area contributed by atoms with Crippen molar-refractivity contribution in [2.45, 2.75) is 13.3 Å². The van der Waals surface area contributed by atoms with Gasteiger partial charge in [-0.25, -0.2) is 4.79 Å². The Labute approximate surface area is 170 Å². The van der Waals surface area contributed by atoms with Crippen LogP contribution in [0.4, 0.5) is 16.2 Å². The highest BCUT2D eigenvalue weighted by Crippen LogP contribution is 2.34. The van der Waals surface area contributed by atoms with Gasteiger partial charge in [-0.3, -0.25) is 14.3 Å². The number of nitrogens with zero attached hydrogens (tertiary/aromatic N) is 3. The number of hydrogen-bond acceptors (Lipinski definition) is 5. The number of aromatic nitrogens is 2. The average Bonchev–Trinajstić information content (AvgIpc) is 3.20. The predicted octanol–water partition coefficient (Wildman–Crippen LogP) is 4.68. The fourth-order valence-electron chi connectivity index (χ4n) is 3.66. The highest BCUT2D eigenvalue weighted by atomic mass is 32.1. The third-order valence-electron chi connectivity index (χ3n) is 5.22. The molecule has 8 heteroatoms. The number of carbonyl (C=O) groups excluding carboxylic acids is 1. The van der Waals surface area contributed by atoms with Gasteiger partial charge in [0.05, 0.1) is 26.3 Å². The zero-order valence-electron chi connectivity index (χ0n) is 15.7. The van der Waals surface area contributed by atoms with Crippen LogP contribution in [0.2, 0.25) is 0 Å². The van der Waals surface area contributed by atoms with E-state index in [9.17, 15) is 14.7 Å². The van der Waals surface area contributed by atoms with Crippen LogP contribution in [0, 0.1) is 6.92 Å². The summed E-state index contributed by atoms with van der Waals surface area (Å²) in [6, 6.07) is 11.2. The van der Waals surface area contributed by atoms with Gasteiger partial charge in [0.2, 0.25) is 0 Å². The van der Waals surface area contributed by atoms with Gasteiger partial charge in [-0.05, 0) is 49.7 Å². The topological polar surface area (TPSA) is 87.5 Å². The molecule has 146 valence electrons. The number of likely N-dealkylation sites (tertiary alicyclic amines) is 1. The van der Waals surface area contributed by atoms with E-state index < -0.39 is 6.09 Å². The SMILES string of the molecule is Cc1cc2cc(Nc3ccnc4cc(C(=O)N5CCC5)sc34)ccc2n1C(=O)O. The van der Waals surface area contributed by atoms with E-state index in [0.29, 0.717) is 16.1 Å². The van der Waals surface area contributed by atoms with Crippen molar-refractivity contribution in [2.24, 2.45) is 0 Å². The lowest BCUT2D eigenvalue weighted by atomic mass is 10.2. The zero-order chi connectivity index (χ0) is 20.1. The van der Waals surface area contributed by atoms with E-state index in [0.717, 1.165) is 46.5 Å². The maximum Gasteiger partial charge on any atom is 0.416 e. The molecule has 0 radical (unpaired) electrons. The highest BCUT2D eigenvalue weighted by molar-refractivity contribution is 7.21. The van der Waals surface area contributed by atoms with E-state index in [4.69, 9.17) is 0 Å². The van der Waals surface area contributed by atoms with E-state index in [1.165, 1.54) is 15.9 Å². The van der Waals surface area contributed by atoms with Crippen LogP contribution >= 0.6 is 11.3 Å². The number of pyridine rings is 1. The van der Waals surface area contributed by atoms with E-state index >= 15 is 0 Å². The van der Waals surface area contributed by atoms with Gasteiger partial charge in [0.25, 0.3) is 5.91 Å². The molecule has 0 atom stereocenters. The van der Waals surface area contributed by atoms with E-state index in [-0.39, 0.29) is 5.91 Å². The number of amides is 1. The second-order valence-corrected chi connectivity index (χ2v) is 8.18. The monoisotopic (exact) mass is 406 g/mol. The predicted molar refractivity (Wildman–Crippen MR) is 114 cm³/mol. The summed E-state index contributed by atoms with van der Waals surface area (Å²) in [6.45, 7) is 3.41. The molecule has 1 aromatic carbocycles. The van der Waals surface area contributed by atoms with Crippen LogP contribution in [-0.2, 0) is 0 Å². The minimum atomic E-state index is -0.993. The van der Waals surface area contributed by atoms with Crippen molar-refractivity contribution in [3.05, 3.63) is 53.2 Å². The molecule has 0 unspecified atom stereocenters. The summed E-state index contributed by atoms with van der Waals surface area (Å²) in [4.78, 5) is 31.0. The molecule has 1 saturated heterocycles. The molecule has 1 aliphatic rings. The molecule has 29 heavy (non-hydrogen) atoms. The molecular weight excluding hydrogens is 388 g/mol. The van der Waals surface area contributed by atoms with Crippen LogP contribution in [0.25, 0.3) is 21.1 Å². The van der Waals surface area contributed by atoms with Crippen molar-refractivity contribution in [3.8, 4) is 0 Å². The second-order valence-electron chi connectivity index (χ2n) is 7.13. The zero-order valence-corrected chi connectivity index (χ0v) is 16.5. The lowest BCUT2D eigenvalue weighted by Crippen LogP contribution is -2.41. The lowest BCUT2D eigenvalue weighted by molar-refractivity contribution is 0.0657. The van der Waals surface area contributed by atoms with Crippen LogP contribution < -0.4 is 5.32 Å². The largest absolute Gasteiger partial charge is 0.464 e. The summed E-state index contributed by atoms with van der Waals surface area (Å²) < 4.78 is 2.20. The standard InChI is InChI=1S/C21H18N4O3S/c1-12-9-13-10-14(3-4-17(13)25(12)21(27)28)23-15-5-6-22-16-11-18(29-19(15)16)20(26)24-7-2-8-24/h3-6,9-11H,2,7-8H2,1H3,(H,22,23)(H,27,28). The molecule has 0 aliphatic carbocycles. The summed E-state index contributed by atoms with van der Waals surface area (Å²) >= 11 is 1.44. The Kier molecular flexibility index (Phi) is 4.02. The number of nitrogens with one attached hydrogen (secondary N) is 1. The van der Waals surface area contributed by atoms with Crippen molar-refractivity contribution in [2.75, 3.05) is 18.4 Å². The molecule has 1 aliphatic heterocycles. The molecule has 3 aromatic heterocycles. The quantitative estimate of drug-likeness (QED) is 0.516. The van der Waals surface area contributed by atoms with E-state index in [1.54, 1.807) is 19.2 Å². The van der Waals surface area contributed by atoms with Crippen molar-refractivity contribution in [1.82, 2.24) is 14.5 Å². The Balaban J connectivity index is 1.50. The number of carbonyl (C=O) groups is 2. The van der Waals surface area contributed by atoms with Crippen molar-refractivity contribution in [3.63, 3.8) is 0 Å². The van der Waals surface area contributed by atoms with Crippen molar-refractivity contribution >= 4 is 55.8 Å². The number of fused-ring (bicyclic) bond motifs is 2. The van der Waals surface area contributed by atoms with Crippen LogP contribution in [0.3, 0.4) is 0 Å². The number of thiophene rings is 1. The van der Waals surface area contributed by atoms with Crippen molar-refractivity contribution in [1.29, 1.82) is 0 Å². The number of carboxylic acid groups (broad SMARTS) is 1. The molecule has 5 rings (SSSR count). The van der Waals surface area contributed by atoms with Gasteiger partial charge < -0.3 is 15.3 Å². The summed E-state index contributed by atoms with van der Waals surface area (Å²) in [5, 5.41) is 13.6. The maximum atomic E-state index is 12.5. The van der Waals surface area contributed by atoms with Gasteiger partial charge >= 0.3 is 6.09 Å². The summed E-state index contributed by atoms with van der Waals surface area (Å²) in [7, 11) is 0. The van der Waals surface area contributed by atoms with Gasteiger partial charge in [-0.1, -0.05) is 0 Å². The summed E-state index contributed by atoms with van der Waals surface area (Å²) in [6.07, 6.45) is 1.79. The lowest BCUT2D eigenvalue weighted by Gasteiger charge is -2.30. The van der Waals surface area contributed by atoms with E-state index in [2.05, 4.69) is 10.3 Å². The number of aryl methyl sites for hydroxylation is 1. The normalized spacial score (nSPS) is 13.6. The molecule has 0 spiro atoms. The third kappa shape index (κ3) is 2.92. The van der Waals surface area contributed by atoms with Gasteiger partial charge in [0.15, 0.2) is 0 Å². The Morgan fingerprint density at radius 1 is 1.17 bits per heavy atom. The van der Waals surface area contributed by atoms with Crippen LogP contribution in [0.1, 0.15) is 21.8 Å². The Hall–Kier alpha value is -3.39. The number of anilines is 2. The van der Waals surface area contributed by atoms with Crippen LogP contribution in [-0.4, -0.2) is 44.6 Å². The molecule has 4 aromatic rings. The maximum absolute atomic E-state index is 12.5. The molecule has 2 N–H and O–H groups in total. The molecule has 1 amide bonds. The minimum Gasteiger partial charge on any atom is -0.464 e. The molecule has 1 fully saturated rings. The van der Waals surface area contributed by atoms with Crippen LogP contribution in [0.15, 0.2) is 42.6 Å². The first kappa shape index (κ1) is 17.7. The van der Waals surface area contributed by atoms with Crippen LogP contribution in [0.5, 0.6) is 0 Å². The summed E-state index contributed by atoms with van der Waals surface area (Å²) in [5.74, 6) is 0.0668. The van der Waals surface area contributed by atoms with E-state index in [1.807, 2.05) is 35.2 Å². The van der Waals surface area contributed by atoms with Gasteiger partial charge in [-0.2, -0.15) is 0 Å². The van der Waals surface area contributed by atoms with Gasteiger partial charge in [0.1, 0.15) is 0 Å². The summed E-state index contributed by atoms with van der Waals surface area (Å²) in [5.41, 5.74) is 3.83. The van der Waals surface area contributed by atoms with Gasteiger partial charge in [-0.15, -0.1) is 11.3 Å². The first-order valence-corrected chi connectivity index (χ1v) is 10.1. The highest BCUT2D eigenvalue weighted by Gasteiger charge is 2.24. The molecule has 0 bridgehead atoms. The number of benzene rings is 1. The smallest absolute Gasteiger partial charge is 0.416 e. The average molecular weight is 406 g/mol. The fourth-order valence-corrected chi connectivity index (χ4v) is 4.71. The number of rotatable bonds is 3. The molecule has 4 heterocycles. The van der Waals surface area contributed by atoms with Crippen molar-refractivity contribution < 1.29 is 14.7 Å². The van der Waals surface area contributed by atoms with Gasteiger partial charge in [0, 0.05) is 36.1 Å². The molecule has 0 saturated carbocycles. The molecular formula is C21H18N4O3S. The first-order valence-electron chi connectivity index (χ1n) is 9.31. The fraction of sp³-hybridized carbons (Fsp3) is 0.190. The Morgan fingerprint density at radius 3 is 2.72 bits per heavy atom. The second kappa shape index (κ2) is 6.59. The number of hydrogen-bond donors (Lipinski definition) is 2. The minimum absolute atomic E-state index is 0.0668.